The van der Waals surface area contributed by atoms with Gasteiger partial charge < -0.3 is 19.9 Å². The molecule has 204 valence electrons. The van der Waals surface area contributed by atoms with Gasteiger partial charge in [-0.05, 0) is 95.1 Å². The predicted molar refractivity (Wildman–Crippen MR) is 148 cm³/mol. The van der Waals surface area contributed by atoms with E-state index in [1.165, 1.54) is 30.6 Å². The van der Waals surface area contributed by atoms with E-state index < -0.39 is 10.0 Å². The largest absolute Gasteiger partial charge is 0.497 e. The van der Waals surface area contributed by atoms with Crippen LogP contribution in [-0.4, -0.2) is 82.9 Å². The first kappa shape index (κ1) is 28.9. The lowest BCUT2D eigenvalue weighted by atomic mass is 9.93. The van der Waals surface area contributed by atoms with Crippen LogP contribution in [0.2, 0.25) is 0 Å². The van der Waals surface area contributed by atoms with Gasteiger partial charge in [0.25, 0.3) is 0 Å². The Labute approximate surface area is 221 Å². The molecule has 0 atom stereocenters. The van der Waals surface area contributed by atoms with Crippen LogP contribution < -0.4 is 15.0 Å². The number of hydrogen-bond acceptors (Lipinski definition) is 7. The predicted octanol–water partition coefficient (Wildman–Crippen LogP) is 3.52. The van der Waals surface area contributed by atoms with Crippen molar-refractivity contribution in [3.05, 3.63) is 41.6 Å². The van der Waals surface area contributed by atoms with Crippen LogP contribution >= 0.6 is 0 Å². The molecule has 0 radical (unpaired) electrons. The summed E-state index contributed by atoms with van der Waals surface area (Å²) < 4.78 is 32.8. The highest BCUT2D eigenvalue weighted by Crippen LogP contribution is 2.28. The van der Waals surface area contributed by atoms with Gasteiger partial charge in [0.05, 0.1) is 23.9 Å². The van der Waals surface area contributed by atoms with Gasteiger partial charge in [-0.25, -0.2) is 17.7 Å². The summed E-state index contributed by atoms with van der Waals surface area (Å²) in [6, 6.07) is 7.18. The Balaban J connectivity index is 1.50. The van der Waals surface area contributed by atoms with Gasteiger partial charge in [0.1, 0.15) is 11.6 Å². The number of rotatable bonds is 11. The van der Waals surface area contributed by atoms with Crippen LogP contribution in [0, 0.1) is 19.8 Å². The fourth-order valence-corrected chi connectivity index (χ4v) is 6.31. The summed E-state index contributed by atoms with van der Waals surface area (Å²) in [5.74, 6) is 2.03. The number of anilines is 2. The number of sulfonamides is 1. The van der Waals surface area contributed by atoms with Crippen LogP contribution in [0.4, 0.5) is 11.5 Å². The molecule has 1 fully saturated rings. The van der Waals surface area contributed by atoms with Crippen LogP contribution in [0.1, 0.15) is 36.8 Å². The fraction of sp³-hybridized carbons (Fsp3) is 0.556. The molecule has 1 aliphatic heterocycles. The maximum atomic E-state index is 13.2. The lowest BCUT2D eigenvalue weighted by Crippen LogP contribution is -2.35. The number of amides is 1. The average molecular weight is 532 g/mol. The monoisotopic (exact) mass is 531 g/mol. The minimum absolute atomic E-state index is 0.0339. The normalized spacial score (nSPS) is 14.9. The number of carbonyl (C=O) groups excluding carboxylic acids is 1. The molecular formula is C27H41N5O4S. The van der Waals surface area contributed by atoms with E-state index >= 15 is 0 Å². The smallest absolute Gasteiger partial charge is 0.243 e. The van der Waals surface area contributed by atoms with Gasteiger partial charge >= 0.3 is 0 Å². The highest BCUT2D eigenvalue weighted by atomic mass is 32.2. The third-order valence-electron chi connectivity index (χ3n) is 6.95. The summed E-state index contributed by atoms with van der Waals surface area (Å²) in [5.41, 5.74) is 1.82. The van der Waals surface area contributed by atoms with Crippen molar-refractivity contribution in [2.75, 3.05) is 64.6 Å². The summed E-state index contributed by atoms with van der Waals surface area (Å²) in [6.07, 6.45) is 5.26. The number of hydrogen-bond donors (Lipinski definition) is 1. The van der Waals surface area contributed by atoms with E-state index in [2.05, 4.69) is 34.2 Å². The number of aromatic nitrogens is 1. The molecule has 1 aromatic carbocycles. The molecule has 0 spiro atoms. The van der Waals surface area contributed by atoms with E-state index in [0.717, 1.165) is 31.4 Å². The van der Waals surface area contributed by atoms with E-state index in [9.17, 15) is 13.2 Å². The molecule has 0 aliphatic carbocycles. The fourth-order valence-electron chi connectivity index (χ4n) is 4.73. The third kappa shape index (κ3) is 7.66. The maximum Gasteiger partial charge on any atom is 0.243 e. The first-order valence-corrected chi connectivity index (χ1v) is 14.2. The Hall–Kier alpha value is -2.69. The molecule has 0 unspecified atom stereocenters. The highest BCUT2D eigenvalue weighted by Gasteiger charge is 2.26. The van der Waals surface area contributed by atoms with Crippen molar-refractivity contribution >= 4 is 27.4 Å². The first-order valence-electron chi connectivity index (χ1n) is 12.8. The van der Waals surface area contributed by atoms with E-state index in [1.54, 1.807) is 39.3 Å². The maximum absolute atomic E-state index is 13.2. The molecule has 2 aromatic rings. The zero-order valence-corrected chi connectivity index (χ0v) is 23.8. The van der Waals surface area contributed by atoms with Gasteiger partial charge in [0.2, 0.25) is 15.9 Å². The molecule has 1 saturated heterocycles. The van der Waals surface area contributed by atoms with E-state index in [1.807, 2.05) is 12.1 Å². The van der Waals surface area contributed by atoms with Gasteiger partial charge in [0.15, 0.2) is 0 Å². The van der Waals surface area contributed by atoms with Crippen molar-refractivity contribution in [1.29, 1.82) is 0 Å². The number of carbonyl (C=O) groups is 1. The topological polar surface area (TPSA) is 95.1 Å². The van der Waals surface area contributed by atoms with Crippen molar-refractivity contribution in [1.82, 2.24) is 14.2 Å². The van der Waals surface area contributed by atoms with Gasteiger partial charge in [-0.3, -0.25) is 4.79 Å². The minimum atomic E-state index is -3.75. The van der Waals surface area contributed by atoms with Crippen LogP contribution in [0.5, 0.6) is 5.75 Å². The Morgan fingerprint density at radius 2 is 1.76 bits per heavy atom. The Morgan fingerprint density at radius 3 is 2.30 bits per heavy atom. The second-order valence-corrected chi connectivity index (χ2v) is 12.1. The van der Waals surface area contributed by atoms with Crippen molar-refractivity contribution in [3.63, 3.8) is 0 Å². The molecule has 1 N–H and O–H groups in total. The van der Waals surface area contributed by atoms with Gasteiger partial charge in [-0.15, -0.1) is 0 Å². The number of ether oxygens (including phenoxy) is 1. The zero-order valence-electron chi connectivity index (χ0n) is 23.0. The molecule has 0 saturated carbocycles. The number of piperidine rings is 1. The van der Waals surface area contributed by atoms with Crippen LogP contribution in [0.25, 0.3) is 0 Å². The number of pyridine rings is 1. The molecule has 37 heavy (non-hydrogen) atoms. The highest BCUT2D eigenvalue weighted by molar-refractivity contribution is 7.89. The molecule has 2 heterocycles. The van der Waals surface area contributed by atoms with Crippen LogP contribution in [-0.2, 0) is 14.8 Å². The number of aryl methyl sites for hydroxylation is 2. The summed E-state index contributed by atoms with van der Waals surface area (Å²) in [7, 11) is 3.52. The Morgan fingerprint density at radius 1 is 1.11 bits per heavy atom. The quantitative estimate of drug-likeness (QED) is 0.474. The molecule has 1 aromatic heterocycles. The van der Waals surface area contributed by atoms with Gasteiger partial charge in [-0.2, -0.15) is 0 Å². The molecule has 1 aliphatic rings. The van der Waals surface area contributed by atoms with Crippen molar-refractivity contribution in [3.8, 4) is 5.75 Å². The van der Waals surface area contributed by atoms with Crippen LogP contribution in [0.3, 0.4) is 0 Å². The lowest BCUT2D eigenvalue weighted by Gasteiger charge is -2.33. The molecular weight excluding hydrogens is 490 g/mol. The van der Waals surface area contributed by atoms with Crippen molar-refractivity contribution in [2.24, 2.45) is 5.92 Å². The molecule has 0 bridgehead atoms. The molecule has 1 amide bonds. The Kier molecular flexibility index (Phi) is 9.92. The Bertz CT molecular complexity index is 1140. The van der Waals surface area contributed by atoms with E-state index in [4.69, 9.17) is 4.74 Å². The average Bonchev–Trinajstić information content (AvgIpc) is 2.86. The summed E-state index contributed by atoms with van der Waals surface area (Å²) in [4.78, 5) is 21.9. The van der Waals surface area contributed by atoms with E-state index in [-0.39, 0.29) is 23.8 Å². The second kappa shape index (κ2) is 12.7. The number of benzene rings is 1. The standard InChI is InChI=1S/C27H41N5O4S/c1-20-17-24(36-6)18-21(2)27(20)37(34,35)31(5)14-12-26(33)29-23-7-8-25(28-19-23)32-15-10-22(11-16-32)9-13-30(3)4/h7-8,17-19,22H,9-16H2,1-6H3,(H,29,33). The second-order valence-electron chi connectivity index (χ2n) is 10.1. The van der Waals surface area contributed by atoms with Gasteiger partial charge in [-0.1, -0.05) is 0 Å². The third-order valence-corrected chi connectivity index (χ3v) is 9.11. The molecule has 3 rings (SSSR count). The summed E-state index contributed by atoms with van der Waals surface area (Å²) >= 11 is 0. The SMILES string of the molecule is COc1cc(C)c(S(=O)(=O)N(C)CCC(=O)Nc2ccc(N3CCC(CCN(C)C)CC3)nc2)c(C)c1. The van der Waals surface area contributed by atoms with E-state index in [0.29, 0.717) is 22.6 Å². The number of nitrogens with one attached hydrogen (secondary N) is 1. The van der Waals surface area contributed by atoms with Gasteiger partial charge in [0, 0.05) is 33.1 Å². The number of nitrogens with zero attached hydrogens (tertiary/aromatic N) is 4. The minimum Gasteiger partial charge on any atom is -0.497 e. The summed E-state index contributed by atoms with van der Waals surface area (Å²) in [5, 5.41) is 2.83. The lowest BCUT2D eigenvalue weighted by molar-refractivity contribution is -0.116. The van der Waals surface area contributed by atoms with Crippen molar-refractivity contribution < 1.29 is 17.9 Å². The van der Waals surface area contributed by atoms with Crippen LogP contribution in [0.15, 0.2) is 35.4 Å². The molecule has 10 heteroatoms. The zero-order chi connectivity index (χ0) is 27.2. The number of methoxy groups -OCH3 is 1. The summed E-state index contributed by atoms with van der Waals surface area (Å²) in [6.45, 7) is 6.66. The van der Waals surface area contributed by atoms with Crippen molar-refractivity contribution in [2.45, 2.75) is 44.4 Å². The first-order chi connectivity index (χ1) is 17.5. The molecule has 9 nitrogen and oxygen atoms in total.